The molecule has 0 amide bonds. The Labute approximate surface area is 111 Å². The fraction of sp³-hybridized carbons (Fsp3) is 0.615. The van der Waals surface area contributed by atoms with Crippen LogP contribution in [-0.2, 0) is 6.42 Å². The van der Waals surface area contributed by atoms with Gasteiger partial charge in [0.2, 0.25) is 5.88 Å². The molecule has 6 heteroatoms. The molecule has 0 aliphatic carbocycles. The van der Waals surface area contributed by atoms with Crippen LogP contribution in [-0.4, -0.2) is 24.9 Å². The third kappa shape index (κ3) is 5.92. The van der Waals surface area contributed by atoms with Gasteiger partial charge in [0.05, 0.1) is 0 Å². The molecular weight excluding hydrogens is 257 g/mol. The van der Waals surface area contributed by atoms with Crippen molar-refractivity contribution < 1.29 is 17.9 Å². The first-order valence-electron chi connectivity index (χ1n) is 6.22. The molecule has 3 nitrogen and oxygen atoms in total. The summed E-state index contributed by atoms with van der Waals surface area (Å²) in [6.45, 7) is 4.54. The van der Waals surface area contributed by atoms with Gasteiger partial charge in [-0.15, -0.1) is 13.2 Å². The highest BCUT2D eigenvalue weighted by atomic mass is 19.4. The Bertz CT molecular complexity index is 407. The molecule has 0 spiro atoms. The highest BCUT2D eigenvalue weighted by Gasteiger charge is 2.32. The first-order chi connectivity index (χ1) is 8.84. The lowest BCUT2D eigenvalue weighted by Crippen LogP contribution is -2.21. The van der Waals surface area contributed by atoms with Crippen LogP contribution in [0.5, 0.6) is 5.88 Å². The van der Waals surface area contributed by atoms with E-state index in [2.05, 4.69) is 22.0 Å². The molecule has 0 radical (unpaired) electrons. The van der Waals surface area contributed by atoms with Gasteiger partial charge >= 0.3 is 6.36 Å². The topological polar surface area (TPSA) is 34.2 Å². The maximum Gasteiger partial charge on any atom is 0.574 e. The number of halogens is 3. The molecule has 1 unspecified atom stereocenters. The molecule has 0 aromatic carbocycles. The zero-order valence-electron chi connectivity index (χ0n) is 11.3. The van der Waals surface area contributed by atoms with Crippen LogP contribution < -0.4 is 10.1 Å². The Balaban J connectivity index is 2.84. The van der Waals surface area contributed by atoms with Crippen molar-refractivity contribution in [3.05, 3.63) is 23.4 Å². The summed E-state index contributed by atoms with van der Waals surface area (Å²) in [5.74, 6) is -0.00709. The van der Waals surface area contributed by atoms with E-state index >= 15 is 0 Å². The molecule has 0 aliphatic rings. The van der Waals surface area contributed by atoms with Crippen molar-refractivity contribution in [3.8, 4) is 5.88 Å². The van der Waals surface area contributed by atoms with Gasteiger partial charge in [0, 0.05) is 11.8 Å². The Hall–Kier alpha value is -1.30. The lowest BCUT2D eigenvalue weighted by molar-refractivity contribution is -0.276. The van der Waals surface area contributed by atoms with E-state index in [4.69, 9.17) is 0 Å². The Morgan fingerprint density at radius 1 is 1.37 bits per heavy atom. The van der Waals surface area contributed by atoms with Crippen LogP contribution in [0.3, 0.4) is 0 Å². The predicted octanol–water partition coefficient (Wildman–Crippen LogP) is 3.08. The molecule has 1 aromatic rings. The molecule has 1 rings (SSSR count). The summed E-state index contributed by atoms with van der Waals surface area (Å²) in [4.78, 5) is 3.74. The van der Waals surface area contributed by atoms with E-state index in [1.165, 1.54) is 6.07 Å². The number of nitrogens with zero attached hydrogens (tertiary/aromatic N) is 1. The fourth-order valence-electron chi connectivity index (χ4n) is 1.98. The summed E-state index contributed by atoms with van der Waals surface area (Å²) < 4.78 is 40.4. The predicted molar refractivity (Wildman–Crippen MR) is 67.1 cm³/mol. The molecule has 1 aromatic heterocycles. The van der Waals surface area contributed by atoms with Crippen molar-refractivity contribution in [1.82, 2.24) is 10.3 Å². The van der Waals surface area contributed by atoms with E-state index in [-0.39, 0.29) is 5.88 Å². The molecule has 1 atom stereocenters. The van der Waals surface area contributed by atoms with Crippen LogP contribution >= 0.6 is 0 Å². The van der Waals surface area contributed by atoms with Gasteiger partial charge in [-0.3, -0.25) is 0 Å². The summed E-state index contributed by atoms with van der Waals surface area (Å²) in [6.07, 6.45) is -3.04. The molecule has 19 heavy (non-hydrogen) atoms. The highest BCUT2D eigenvalue weighted by Crippen LogP contribution is 2.23. The third-order valence-corrected chi connectivity index (χ3v) is 2.80. The van der Waals surface area contributed by atoms with Gasteiger partial charge < -0.3 is 10.1 Å². The maximum absolute atomic E-state index is 12.2. The molecule has 1 N–H and O–H groups in total. The average Bonchev–Trinajstić information content (AvgIpc) is 2.25. The normalized spacial score (nSPS) is 13.4. The molecule has 108 valence electrons. The maximum atomic E-state index is 12.2. The summed E-state index contributed by atoms with van der Waals surface area (Å²) in [5, 5.41) is 3.08. The van der Waals surface area contributed by atoms with Gasteiger partial charge in [-0.2, -0.15) is 0 Å². The van der Waals surface area contributed by atoms with Crippen LogP contribution in [0.4, 0.5) is 13.2 Å². The Morgan fingerprint density at radius 3 is 2.58 bits per heavy atom. The van der Waals surface area contributed by atoms with Crippen molar-refractivity contribution in [2.75, 3.05) is 13.6 Å². The van der Waals surface area contributed by atoms with Gasteiger partial charge in [0.15, 0.2) is 0 Å². The zero-order chi connectivity index (χ0) is 14.5. The van der Waals surface area contributed by atoms with Crippen LogP contribution in [0, 0.1) is 12.8 Å². The van der Waals surface area contributed by atoms with Crippen molar-refractivity contribution in [1.29, 1.82) is 0 Å². The number of hydrogen-bond donors (Lipinski definition) is 1. The number of alkyl halides is 3. The molecule has 0 saturated carbocycles. The van der Waals surface area contributed by atoms with E-state index < -0.39 is 6.36 Å². The van der Waals surface area contributed by atoms with Gasteiger partial charge in [-0.25, -0.2) is 4.98 Å². The highest BCUT2D eigenvalue weighted by molar-refractivity contribution is 5.25. The van der Waals surface area contributed by atoms with E-state index in [1.807, 2.05) is 7.05 Å². The summed E-state index contributed by atoms with van der Waals surface area (Å²) in [5.41, 5.74) is 1.34. The second kappa shape index (κ2) is 6.75. The quantitative estimate of drug-likeness (QED) is 0.867. The molecule has 0 aliphatic heterocycles. The average molecular weight is 276 g/mol. The summed E-state index contributed by atoms with van der Waals surface area (Å²) >= 11 is 0. The van der Waals surface area contributed by atoms with Gasteiger partial charge in [-0.1, -0.05) is 13.3 Å². The van der Waals surface area contributed by atoms with Crippen molar-refractivity contribution in [2.24, 2.45) is 5.92 Å². The summed E-state index contributed by atoms with van der Waals surface area (Å²) in [6, 6.07) is 3.15. The molecule has 0 fully saturated rings. The van der Waals surface area contributed by atoms with Crippen LogP contribution in [0.25, 0.3) is 0 Å². The van der Waals surface area contributed by atoms with Gasteiger partial charge in [-0.05, 0) is 44.5 Å². The molecule has 0 bridgehead atoms. The number of aryl methyl sites for hydroxylation is 1. The SMILES string of the molecule is CCC(CNC)Cc1cc(C)nc(OC(F)(F)F)c1. The van der Waals surface area contributed by atoms with Crippen LogP contribution in [0.15, 0.2) is 12.1 Å². The molecule has 1 heterocycles. The third-order valence-electron chi connectivity index (χ3n) is 2.80. The standard InChI is InChI=1S/C13H19F3N2O/c1-4-10(8-17-3)6-11-5-9(2)18-12(7-11)19-13(14,15)16/h5,7,10,17H,4,6,8H2,1-3H3. The lowest BCUT2D eigenvalue weighted by Gasteiger charge is -2.15. The number of pyridine rings is 1. The lowest BCUT2D eigenvalue weighted by atomic mass is 9.97. The number of nitrogens with one attached hydrogen (secondary N) is 1. The van der Waals surface area contributed by atoms with Crippen molar-refractivity contribution >= 4 is 0 Å². The second-order valence-corrected chi connectivity index (χ2v) is 4.54. The van der Waals surface area contributed by atoms with E-state index in [0.29, 0.717) is 18.0 Å². The first kappa shape index (κ1) is 15.8. The molecule has 0 saturated heterocycles. The second-order valence-electron chi connectivity index (χ2n) is 4.54. The largest absolute Gasteiger partial charge is 0.574 e. The number of aromatic nitrogens is 1. The van der Waals surface area contributed by atoms with Gasteiger partial charge in [0.1, 0.15) is 0 Å². The van der Waals surface area contributed by atoms with Crippen molar-refractivity contribution in [3.63, 3.8) is 0 Å². The summed E-state index contributed by atoms with van der Waals surface area (Å²) in [7, 11) is 1.86. The van der Waals surface area contributed by atoms with E-state index in [0.717, 1.165) is 18.5 Å². The smallest absolute Gasteiger partial charge is 0.388 e. The first-order valence-corrected chi connectivity index (χ1v) is 6.22. The van der Waals surface area contributed by atoms with Gasteiger partial charge in [0.25, 0.3) is 0 Å². The zero-order valence-corrected chi connectivity index (χ0v) is 11.3. The number of ether oxygens (including phenoxy) is 1. The number of rotatable bonds is 6. The molecular formula is C13H19F3N2O. The van der Waals surface area contributed by atoms with E-state index in [9.17, 15) is 13.2 Å². The van der Waals surface area contributed by atoms with Crippen LogP contribution in [0.1, 0.15) is 24.6 Å². The Morgan fingerprint density at radius 2 is 2.05 bits per heavy atom. The van der Waals surface area contributed by atoms with Crippen LogP contribution in [0.2, 0.25) is 0 Å². The Kier molecular flexibility index (Phi) is 5.60. The monoisotopic (exact) mass is 276 g/mol. The minimum Gasteiger partial charge on any atom is -0.388 e. The van der Waals surface area contributed by atoms with Crippen molar-refractivity contribution in [2.45, 2.75) is 33.1 Å². The van der Waals surface area contributed by atoms with E-state index in [1.54, 1.807) is 13.0 Å². The number of hydrogen-bond acceptors (Lipinski definition) is 3. The minimum absolute atomic E-state index is 0.380. The fourth-order valence-corrected chi connectivity index (χ4v) is 1.98. The minimum atomic E-state index is -4.70.